The summed E-state index contributed by atoms with van der Waals surface area (Å²) in [5.74, 6) is -1.64. The zero-order valence-corrected chi connectivity index (χ0v) is 15.2. The van der Waals surface area contributed by atoms with Crippen molar-refractivity contribution in [1.29, 1.82) is 0 Å². The van der Waals surface area contributed by atoms with Crippen molar-refractivity contribution in [3.8, 4) is 5.75 Å². The second-order valence-electron chi connectivity index (χ2n) is 5.63. The van der Waals surface area contributed by atoms with Crippen LogP contribution < -0.4 is 9.64 Å². The van der Waals surface area contributed by atoms with E-state index in [4.69, 9.17) is 0 Å². The smallest absolute Gasteiger partial charge is 0.406 e. The lowest BCUT2D eigenvalue weighted by molar-refractivity contribution is -0.274. The van der Waals surface area contributed by atoms with Crippen molar-refractivity contribution in [1.82, 2.24) is 0 Å². The highest BCUT2D eigenvalue weighted by Gasteiger charge is 2.40. The van der Waals surface area contributed by atoms with Gasteiger partial charge in [0.1, 0.15) is 11.6 Å². The number of benzene rings is 2. The fourth-order valence-electron chi connectivity index (χ4n) is 2.69. The number of anilines is 1. The van der Waals surface area contributed by atoms with E-state index in [2.05, 4.69) is 4.74 Å². The van der Waals surface area contributed by atoms with E-state index >= 15 is 0 Å². The van der Waals surface area contributed by atoms with Gasteiger partial charge in [0.15, 0.2) is 0 Å². The Morgan fingerprint density at radius 3 is 2.11 bits per heavy atom. The van der Waals surface area contributed by atoms with E-state index < -0.39 is 29.7 Å². The molecular weight excluding hydrogens is 398 g/mol. The maximum absolute atomic E-state index is 13.2. The first-order valence-electron chi connectivity index (χ1n) is 8.09. The molecule has 0 bridgehead atoms. The van der Waals surface area contributed by atoms with Gasteiger partial charge < -0.3 is 4.74 Å². The Morgan fingerprint density at radius 2 is 1.57 bits per heavy atom. The van der Waals surface area contributed by atoms with E-state index in [1.165, 1.54) is 48.2 Å². The van der Waals surface area contributed by atoms with Gasteiger partial charge in [0.2, 0.25) is 0 Å². The molecule has 1 aliphatic rings. The van der Waals surface area contributed by atoms with Gasteiger partial charge in [-0.05, 0) is 47.7 Å². The molecular formula is C19H13F4NO3S. The van der Waals surface area contributed by atoms with Gasteiger partial charge in [-0.25, -0.2) is 9.29 Å². The van der Waals surface area contributed by atoms with Crippen molar-refractivity contribution in [3.05, 3.63) is 64.8 Å². The SMILES string of the molecule is CCSC1=C(c2ccc(F)cc2)C(=O)N(c2ccc(OC(F)(F)F)cc2)C1=O. The normalized spacial score (nSPS) is 14.8. The molecule has 28 heavy (non-hydrogen) atoms. The molecule has 9 heteroatoms. The number of amides is 2. The molecule has 0 fully saturated rings. The van der Waals surface area contributed by atoms with Gasteiger partial charge in [-0.15, -0.1) is 24.9 Å². The predicted molar refractivity (Wildman–Crippen MR) is 97.1 cm³/mol. The number of carbonyl (C=O) groups excluding carboxylic acids is 2. The number of hydrogen-bond acceptors (Lipinski definition) is 4. The number of thioether (sulfide) groups is 1. The maximum atomic E-state index is 13.2. The van der Waals surface area contributed by atoms with Crippen LogP contribution in [0.15, 0.2) is 53.4 Å². The molecule has 2 aromatic carbocycles. The van der Waals surface area contributed by atoms with Crippen molar-refractivity contribution < 1.29 is 31.9 Å². The van der Waals surface area contributed by atoms with E-state index in [1.807, 2.05) is 6.92 Å². The van der Waals surface area contributed by atoms with Crippen LogP contribution in [0.3, 0.4) is 0 Å². The molecule has 0 N–H and O–H groups in total. The number of nitrogens with zero attached hydrogens (tertiary/aromatic N) is 1. The summed E-state index contributed by atoms with van der Waals surface area (Å²) < 4.78 is 53.9. The van der Waals surface area contributed by atoms with Crippen molar-refractivity contribution in [2.24, 2.45) is 0 Å². The van der Waals surface area contributed by atoms with Gasteiger partial charge in [-0.2, -0.15) is 0 Å². The Hall–Kier alpha value is -2.81. The lowest BCUT2D eigenvalue weighted by Crippen LogP contribution is -2.31. The predicted octanol–water partition coefficient (Wildman–Crippen LogP) is 4.76. The van der Waals surface area contributed by atoms with Crippen LogP contribution in [0, 0.1) is 5.82 Å². The Labute approximate surface area is 161 Å². The first kappa shape index (κ1) is 19.9. The van der Waals surface area contributed by atoms with Crippen LogP contribution in [0.2, 0.25) is 0 Å². The fraction of sp³-hybridized carbons (Fsp3) is 0.158. The zero-order chi connectivity index (χ0) is 20.5. The first-order chi connectivity index (χ1) is 13.2. The molecule has 2 aromatic rings. The van der Waals surface area contributed by atoms with E-state index in [-0.39, 0.29) is 16.2 Å². The Balaban J connectivity index is 1.95. The van der Waals surface area contributed by atoms with Crippen LogP contribution in [0.25, 0.3) is 5.57 Å². The van der Waals surface area contributed by atoms with E-state index in [0.717, 1.165) is 17.0 Å². The molecule has 1 heterocycles. The van der Waals surface area contributed by atoms with Crippen molar-refractivity contribution >= 4 is 34.8 Å². The highest BCUT2D eigenvalue weighted by molar-refractivity contribution is 8.04. The number of hydrogen-bond donors (Lipinski definition) is 0. The fourth-order valence-corrected chi connectivity index (χ4v) is 3.54. The standard InChI is InChI=1S/C19H13F4NO3S/c1-2-28-16-15(11-3-5-12(20)6-4-11)17(25)24(18(16)26)13-7-9-14(10-8-13)27-19(21,22)23/h3-10H,2H2,1H3. The monoisotopic (exact) mass is 411 g/mol. The molecule has 0 spiro atoms. The minimum atomic E-state index is -4.84. The summed E-state index contributed by atoms with van der Waals surface area (Å²) >= 11 is 1.17. The number of alkyl halides is 3. The molecule has 146 valence electrons. The van der Waals surface area contributed by atoms with Crippen LogP contribution in [-0.2, 0) is 9.59 Å². The molecule has 0 atom stereocenters. The van der Waals surface area contributed by atoms with Crippen LogP contribution in [0.4, 0.5) is 23.2 Å². The number of halogens is 4. The van der Waals surface area contributed by atoms with Crippen LogP contribution in [0.1, 0.15) is 12.5 Å². The quantitative estimate of drug-likeness (QED) is 0.526. The highest BCUT2D eigenvalue weighted by Crippen LogP contribution is 2.38. The Kier molecular flexibility index (Phi) is 5.46. The Bertz CT molecular complexity index is 937. The molecule has 0 aliphatic carbocycles. The molecule has 0 saturated carbocycles. The van der Waals surface area contributed by atoms with Crippen molar-refractivity contribution in [2.75, 3.05) is 10.7 Å². The second kappa shape index (κ2) is 7.67. The van der Waals surface area contributed by atoms with E-state index in [0.29, 0.717) is 11.3 Å². The molecule has 0 radical (unpaired) electrons. The van der Waals surface area contributed by atoms with Crippen LogP contribution in [0.5, 0.6) is 5.75 Å². The van der Waals surface area contributed by atoms with Crippen LogP contribution in [-0.4, -0.2) is 23.9 Å². The lowest BCUT2D eigenvalue weighted by atomic mass is 10.1. The lowest BCUT2D eigenvalue weighted by Gasteiger charge is -2.16. The number of carbonyl (C=O) groups is 2. The topological polar surface area (TPSA) is 46.6 Å². The second-order valence-corrected chi connectivity index (χ2v) is 6.91. The third-order valence-electron chi connectivity index (χ3n) is 3.79. The van der Waals surface area contributed by atoms with Gasteiger partial charge >= 0.3 is 6.36 Å². The van der Waals surface area contributed by atoms with E-state index in [1.54, 1.807) is 0 Å². The third-order valence-corrected chi connectivity index (χ3v) is 4.75. The molecule has 0 aromatic heterocycles. The van der Waals surface area contributed by atoms with Gasteiger partial charge in [0.25, 0.3) is 11.8 Å². The summed E-state index contributed by atoms with van der Waals surface area (Å²) in [5.41, 5.74) is 0.624. The van der Waals surface area contributed by atoms with Crippen LogP contribution >= 0.6 is 11.8 Å². The number of imide groups is 1. The summed E-state index contributed by atoms with van der Waals surface area (Å²) in [6, 6.07) is 9.58. The molecule has 0 saturated heterocycles. The van der Waals surface area contributed by atoms with Gasteiger partial charge in [0.05, 0.1) is 16.2 Å². The molecule has 1 aliphatic heterocycles. The maximum Gasteiger partial charge on any atom is 0.573 e. The summed E-state index contributed by atoms with van der Waals surface area (Å²) in [4.78, 5) is 26.8. The summed E-state index contributed by atoms with van der Waals surface area (Å²) in [5, 5.41) is 0. The minimum Gasteiger partial charge on any atom is -0.406 e. The third kappa shape index (κ3) is 4.04. The first-order valence-corrected chi connectivity index (χ1v) is 9.07. The van der Waals surface area contributed by atoms with Gasteiger partial charge in [0, 0.05) is 0 Å². The number of rotatable bonds is 5. The van der Waals surface area contributed by atoms with Crippen molar-refractivity contribution in [3.63, 3.8) is 0 Å². The molecule has 0 unspecified atom stereocenters. The summed E-state index contributed by atoms with van der Waals surface area (Å²) in [6.45, 7) is 1.81. The average molecular weight is 411 g/mol. The number of ether oxygens (including phenoxy) is 1. The summed E-state index contributed by atoms with van der Waals surface area (Å²) in [6.07, 6.45) is -4.84. The Morgan fingerprint density at radius 1 is 0.964 bits per heavy atom. The molecule has 4 nitrogen and oxygen atoms in total. The molecule has 3 rings (SSSR count). The van der Waals surface area contributed by atoms with Crippen molar-refractivity contribution in [2.45, 2.75) is 13.3 Å². The average Bonchev–Trinajstić information content (AvgIpc) is 2.86. The van der Waals surface area contributed by atoms with Gasteiger partial charge in [-0.1, -0.05) is 19.1 Å². The highest BCUT2D eigenvalue weighted by atomic mass is 32.2. The summed E-state index contributed by atoms with van der Waals surface area (Å²) in [7, 11) is 0. The molecule has 2 amide bonds. The van der Waals surface area contributed by atoms with Gasteiger partial charge in [-0.3, -0.25) is 9.59 Å². The zero-order valence-electron chi connectivity index (χ0n) is 14.4. The minimum absolute atomic E-state index is 0.107. The largest absolute Gasteiger partial charge is 0.573 e. The van der Waals surface area contributed by atoms with E-state index in [9.17, 15) is 27.2 Å².